The Hall–Kier alpha value is -1.59. The molecule has 0 atom stereocenters. The van der Waals surface area contributed by atoms with E-state index in [1.54, 1.807) is 0 Å². The zero-order valence-electron chi connectivity index (χ0n) is 13.7. The summed E-state index contributed by atoms with van der Waals surface area (Å²) in [5.74, 6) is -1.04. The van der Waals surface area contributed by atoms with Crippen molar-refractivity contribution in [1.29, 1.82) is 0 Å². The van der Waals surface area contributed by atoms with Gasteiger partial charge in [-0.15, -0.1) is 0 Å². The first-order chi connectivity index (χ1) is 10.8. The fourth-order valence-electron chi connectivity index (χ4n) is 3.77. The molecule has 1 saturated carbocycles. The third-order valence-corrected chi connectivity index (χ3v) is 5.14. The molecule has 0 radical (unpaired) electrons. The van der Waals surface area contributed by atoms with Gasteiger partial charge in [-0.3, -0.25) is 0 Å². The van der Waals surface area contributed by atoms with Crippen molar-refractivity contribution in [2.24, 2.45) is 5.92 Å². The molecule has 1 aliphatic carbocycles. The van der Waals surface area contributed by atoms with Crippen LogP contribution >= 0.6 is 0 Å². The predicted octanol–water partition coefficient (Wildman–Crippen LogP) is 4.74. The van der Waals surface area contributed by atoms with Gasteiger partial charge in [0.25, 0.3) is 0 Å². The number of halogens is 3. The average Bonchev–Trinajstić information content (AvgIpc) is 2.91. The van der Waals surface area contributed by atoms with Gasteiger partial charge in [0, 0.05) is 23.4 Å². The summed E-state index contributed by atoms with van der Waals surface area (Å²) in [5, 5.41) is 4.65. The molecule has 0 amide bonds. The number of aromatic nitrogens is 3. The molecule has 6 heteroatoms. The third-order valence-electron chi connectivity index (χ3n) is 5.14. The second-order valence-electron chi connectivity index (χ2n) is 6.54. The Balaban J connectivity index is 1.86. The van der Waals surface area contributed by atoms with Gasteiger partial charge in [0.1, 0.15) is 0 Å². The molecule has 3 rings (SSSR count). The number of alkyl halides is 3. The molecular weight excluding hydrogens is 303 g/mol. The molecule has 3 nitrogen and oxygen atoms in total. The quantitative estimate of drug-likeness (QED) is 0.798. The van der Waals surface area contributed by atoms with Crippen LogP contribution in [0.2, 0.25) is 0 Å². The molecule has 126 valence electrons. The Morgan fingerprint density at radius 2 is 1.83 bits per heavy atom. The molecule has 1 aliphatic rings. The normalized spacial score (nSPS) is 22.7. The van der Waals surface area contributed by atoms with E-state index >= 15 is 0 Å². The highest BCUT2D eigenvalue weighted by atomic mass is 19.4. The lowest BCUT2D eigenvalue weighted by Gasteiger charge is -2.28. The summed E-state index contributed by atoms with van der Waals surface area (Å²) in [6.07, 6.45) is -1.66. The van der Waals surface area contributed by atoms with Gasteiger partial charge in [0.05, 0.1) is 11.6 Å². The molecule has 1 fully saturated rings. The minimum Gasteiger partial charge on any atom is -0.234 e. The van der Waals surface area contributed by atoms with Crippen LogP contribution in [0.25, 0.3) is 5.65 Å². The molecule has 0 aromatic carbocycles. The van der Waals surface area contributed by atoms with Crippen molar-refractivity contribution in [3.63, 3.8) is 0 Å². The largest absolute Gasteiger partial charge is 0.391 e. The highest BCUT2D eigenvalue weighted by molar-refractivity contribution is 5.45. The summed E-state index contributed by atoms with van der Waals surface area (Å²) in [5.41, 5.74) is 4.95. The van der Waals surface area contributed by atoms with Gasteiger partial charge in [-0.05, 0) is 51.5 Å². The maximum atomic E-state index is 12.8. The fourth-order valence-corrected chi connectivity index (χ4v) is 3.77. The number of nitrogens with zero attached hydrogens (tertiary/aromatic N) is 3. The Labute approximate surface area is 133 Å². The van der Waals surface area contributed by atoms with Gasteiger partial charge < -0.3 is 0 Å². The Morgan fingerprint density at radius 3 is 2.39 bits per heavy atom. The van der Waals surface area contributed by atoms with Crippen molar-refractivity contribution in [3.05, 3.63) is 28.7 Å². The van der Waals surface area contributed by atoms with Crippen LogP contribution in [-0.4, -0.2) is 20.8 Å². The van der Waals surface area contributed by atoms with E-state index in [0.717, 1.165) is 29.1 Å². The molecule has 0 saturated heterocycles. The summed E-state index contributed by atoms with van der Waals surface area (Å²) in [7, 11) is 0. The second kappa shape index (κ2) is 5.80. The highest BCUT2D eigenvalue weighted by Crippen LogP contribution is 2.42. The Bertz CT molecular complexity index is 710. The number of rotatable bonds is 2. The highest BCUT2D eigenvalue weighted by Gasteiger charge is 2.41. The lowest BCUT2D eigenvalue weighted by molar-refractivity contribution is -0.182. The zero-order valence-corrected chi connectivity index (χ0v) is 13.7. The fraction of sp³-hybridized carbons (Fsp3) is 0.647. The number of hydrogen-bond donors (Lipinski definition) is 0. The lowest BCUT2D eigenvalue weighted by atomic mass is 9.80. The first-order valence-electron chi connectivity index (χ1n) is 8.23. The van der Waals surface area contributed by atoms with Crippen LogP contribution in [0.4, 0.5) is 13.2 Å². The smallest absolute Gasteiger partial charge is 0.234 e. The van der Waals surface area contributed by atoms with Crippen LogP contribution in [0.1, 0.15) is 61.2 Å². The van der Waals surface area contributed by atoms with Crippen molar-refractivity contribution >= 4 is 5.65 Å². The van der Waals surface area contributed by atoms with Crippen LogP contribution in [0.3, 0.4) is 0 Å². The zero-order chi connectivity index (χ0) is 16.8. The van der Waals surface area contributed by atoms with Crippen molar-refractivity contribution in [2.75, 3.05) is 0 Å². The van der Waals surface area contributed by atoms with E-state index in [2.05, 4.69) is 17.0 Å². The molecular formula is C17H22F3N3. The topological polar surface area (TPSA) is 30.2 Å². The molecule has 2 aromatic heterocycles. The van der Waals surface area contributed by atoms with Crippen molar-refractivity contribution < 1.29 is 13.2 Å². The van der Waals surface area contributed by atoms with Crippen LogP contribution in [0.5, 0.6) is 0 Å². The van der Waals surface area contributed by atoms with E-state index in [-0.39, 0.29) is 18.8 Å². The number of hydrogen-bond acceptors (Lipinski definition) is 2. The summed E-state index contributed by atoms with van der Waals surface area (Å²) in [6, 6.07) is 1.94. The number of fused-ring (bicyclic) bond motifs is 1. The van der Waals surface area contributed by atoms with E-state index in [9.17, 15) is 13.2 Å². The third kappa shape index (κ3) is 2.95. The number of aryl methyl sites for hydroxylation is 2. The second-order valence-corrected chi connectivity index (χ2v) is 6.54. The van der Waals surface area contributed by atoms with E-state index in [4.69, 9.17) is 0 Å². The van der Waals surface area contributed by atoms with E-state index in [1.807, 2.05) is 24.4 Å². The van der Waals surface area contributed by atoms with Gasteiger partial charge in [-0.25, -0.2) is 9.50 Å². The summed E-state index contributed by atoms with van der Waals surface area (Å²) >= 11 is 0. The summed E-state index contributed by atoms with van der Waals surface area (Å²) < 4.78 is 40.2. The van der Waals surface area contributed by atoms with Crippen LogP contribution in [-0.2, 0) is 6.42 Å². The molecule has 0 bridgehead atoms. The standard InChI is InChI=1S/C17H22F3N3/c1-4-14-10(2)21-16-9-15(22-23(16)11(14)3)12-5-7-13(8-6-12)17(18,19)20/h9,12-13H,4-8H2,1-3H3. The van der Waals surface area contributed by atoms with Gasteiger partial charge in [-0.1, -0.05) is 6.92 Å². The first kappa shape index (κ1) is 16.3. The minimum atomic E-state index is -4.06. The molecule has 0 unspecified atom stereocenters. The molecule has 2 aromatic rings. The lowest BCUT2D eigenvalue weighted by Crippen LogP contribution is -2.27. The van der Waals surface area contributed by atoms with Gasteiger partial charge in [0.15, 0.2) is 5.65 Å². The molecule has 2 heterocycles. The molecule has 0 aliphatic heterocycles. The Kier molecular flexibility index (Phi) is 4.10. The average molecular weight is 325 g/mol. The van der Waals surface area contributed by atoms with Crippen molar-refractivity contribution in [3.8, 4) is 0 Å². The predicted molar refractivity (Wildman–Crippen MR) is 82.6 cm³/mol. The van der Waals surface area contributed by atoms with E-state index < -0.39 is 12.1 Å². The summed E-state index contributed by atoms with van der Waals surface area (Å²) in [6.45, 7) is 6.11. The minimum absolute atomic E-state index is 0.111. The first-order valence-corrected chi connectivity index (χ1v) is 8.23. The molecule has 0 N–H and O–H groups in total. The van der Waals surface area contributed by atoms with E-state index in [0.29, 0.717) is 12.8 Å². The van der Waals surface area contributed by atoms with Crippen molar-refractivity contribution in [2.45, 2.75) is 65.0 Å². The van der Waals surface area contributed by atoms with E-state index in [1.165, 1.54) is 5.56 Å². The SMILES string of the molecule is CCc1c(C)nc2cc(C3CCC(C(F)(F)F)CC3)nn2c1C. The van der Waals surface area contributed by atoms with Gasteiger partial charge >= 0.3 is 6.18 Å². The Morgan fingerprint density at radius 1 is 1.17 bits per heavy atom. The molecule has 23 heavy (non-hydrogen) atoms. The maximum Gasteiger partial charge on any atom is 0.391 e. The van der Waals surface area contributed by atoms with Crippen LogP contribution in [0.15, 0.2) is 6.07 Å². The van der Waals surface area contributed by atoms with Gasteiger partial charge in [-0.2, -0.15) is 18.3 Å². The van der Waals surface area contributed by atoms with Crippen LogP contribution in [0, 0.1) is 19.8 Å². The molecule has 0 spiro atoms. The maximum absolute atomic E-state index is 12.8. The monoisotopic (exact) mass is 325 g/mol. The summed E-state index contributed by atoms with van der Waals surface area (Å²) in [4.78, 5) is 4.60. The van der Waals surface area contributed by atoms with Crippen molar-refractivity contribution in [1.82, 2.24) is 14.6 Å². The van der Waals surface area contributed by atoms with Gasteiger partial charge in [0.2, 0.25) is 0 Å². The van der Waals surface area contributed by atoms with Crippen LogP contribution < -0.4 is 0 Å².